The highest BCUT2D eigenvalue weighted by molar-refractivity contribution is 6.31. The summed E-state index contributed by atoms with van der Waals surface area (Å²) in [6.07, 6.45) is 5.41. The fraction of sp³-hybridized carbons (Fsp3) is 0.562. The average molecular weight is 309 g/mol. The van der Waals surface area contributed by atoms with Crippen molar-refractivity contribution in [2.24, 2.45) is 11.8 Å². The number of rotatable bonds is 4. The SMILES string of the molecule is CC(Cl)c1nc2cc(Cl)ccc2n1C(C1CC1)C1CC1. The highest BCUT2D eigenvalue weighted by atomic mass is 35.5. The average Bonchev–Trinajstić information content (AvgIpc) is 3.28. The zero-order valence-corrected chi connectivity index (χ0v) is 13.0. The van der Waals surface area contributed by atoms with Gasteiger partial charge in [0.05, 0.1) is 16.4 Å². The van der Waals surface area contributed by atoms with Crippen LogP contribution in [-0.2, 0) is 0 Å². The van der Waals surface area contributed by atoms with Crippen LogP contribution in [0, 0.1) is 11.8 Å². The van der Waals surface area contributed by atoms with Crippen molar-refractivity contribution >= 4 is 34.2 Å². The number of alkyl halides is 1. The molecule has 1 aromatic heterocycles. The summed E-state index contributed by atoms with van der Waals surface area (Å²) in [5.41, 5.74) is 2.17. The van der Waals surface area contributed by atoms with Crippen LogP contribution in [0.5, 0.6) is 0 Å². The Morgan fingerprint density at radius 3 is 2.40 bits per heavy atom. The second kappa shape index (κ2) is 4.64. The minimum Gasteiger partial charge on any atom is -0.323 e. The van der Waals surface area contributed by atoms with Crippen molar-refractivity contribution in [2.75, 3.05) is 0 Å². The van der Waals surface area contributed by atoms with Crippen LogP contribution in [0.1, 0.15) is 49.9 Å². The second-order valence-electron chi connectivity index (χ2n) is 6.25. The third-order valence-corrected chi connectivity index (χ3v) is 4.97. The lowest BCUT2D eigenvalue weighted by atomic mass is 10.1. The molecule has 0 aliphatic heterocycles. The monoisotopic (exact) mass is 308 g/mol. The van der Waals surface area contributed by atoms with E-state index in [4.69, 9.17) is 28.2 Å². The first-order chi connectivity index (χ1) is 9.65. The van der Waals surface area contributed by atoms with Gasteiger partial charge in [-0.05, 0) is 62.6 Å². The van der Waals surface area contributed by atoms with Crippen molar-refractivity contribution in [1.29, 1.82) is 0 Å². The number of nitrogens with zero attached hydrogens (tertiary/aromatic N) is 2. The van der Waals surface area contributed by atoms with E-state index in [1.165, 1.54) is 31.2 Å². The summed E-state index contributed by atoms with van der Waals surface area (Å²) >= 11 is 12.5. The molecule has 1 heterocycles. The summed E-state index contributed by atoms with van der Waals surface area (Å²) in [6, 6.07) is 6.61. The van der Waals surface area contributed by atoms with Gasteiger partial charge in [0.15, 0.2) is 0 Å². The van der Waals surface area contributed by atoms with Gasteiger partial charge < -0.3 is 4.57 Å². The lowest BCUT2D eigenvalue weighted by Gasteiger charge is -2.22. The van der Waals surface area contributed by atoms with E-state index in [1.807, 2.05) is 19.1 Å². The first-order valence-electron chi connectivity index (χ1n) is 7.46. The van der Waals surface area contributed by atoms with Crippen LogP contribution in [0.15, 0.2) is 18.2 Å². The van der Waals surface area contributed by atoms with Crippen LogP contribution in [0.3, 0.4) is 0 Å². The summed E-state index contributed by atoms with van der Waals surface area (Å²) < 4.78 is 2.43. The fourth-order valence-corrected chi connectivity index (χ4v) is 3.69. The standard InChI is InChI=1S/C16H18Cl2N2/c1-9(17)16-19-13-8-12(18)6-7-14(13)20(16)15(10-2-3-10)11-4-5-11/h6-11,15H,2-5H2,1H3. The molecule has 0 saturated heterocycles. The summed E-state index contributed by atoms with van der Waals surface area (Å²) in [7, 11) is 0. The second-order valence-corrected chi connectivity index (χ2v) is 7.35. The zero-order chi connectivity index (χ0) is 13.9. The molecule has 1 unspecified atom stereocenters. The number of fused-ring (bicyclic) bond motifs is 1. The van der Waals surface area contributed by atoms with Crippen molar-refractivity contribution in [2.45, 2.75) is 44.0 Å². The van der Waals surface area contributed by atoms with Gasteiger partial charge in [0, 0.05) is 11.1 Å². The molecule has 2 aliphatic carbocycles. The Labute approximate surface area is 129 Å². The largest absolute Gasteiger partial charge is 0.323 e. The van der Waals surface area contributed by atoms with Crippen molar-refractivity contribution in [1.82, 2.24) is 9.55 Å². The third kappa shape index (κ3) is 2.14. The molecule has 2 aliphatic rings. The lowest BCUT2D eigenvalue weighted by molar-refractivity contribution is 0.392. The number of imidazole rings is 1. The van der Waals surface area contributed by atoms with Crippen LogP contribution in [-0.4, -0.2) is 9.55 Å². The number of hydrogen-bond acceptors (Lipinski definition) is 1. The predicted molar refractivity (Wildman–Crippen MR) is 83.5 cm³/mol. The molecule has 0 amide bonds. The number of halogens is 2. The van der Waals surface area contributed by atoms with Crippen molar-refractivity contribution in [3.63, 3.8) is 0 Å². The Morgan fingerprint density at radius 2 is 1.85 bits per heavy atom. The maximum Gasteiger partial charge on any atom is 0.127 e. The predicted octanol–water partition coefficient (Wildman–Crippen LogP) is 5.35. The van der Waals surface area contributed by atoms with E-state index in [1.54, 1.807) is 0 Å². The minimum absolute atomic E-state index is 0.0684. The van der Waals surface area contributed by atoms with Crippen LogP contribution < -0.4 is 0 Å². The summed E-state index contributed by atoms with van der Waals surface area (Å²) in [5, 5.41) is 0.673. The zero-order valence-electron chi connectivity index (χ0n) is 11.5. The van der Waals surface area contributed by atoms with Gasteiger partial charge in [-0.15, -0.1) is 11.6 Å². The molecule has 4 heteroatoms. The molecule has 1 aromatic carbocycles. The van der Waals surface area contributed by atoms with Crippen LogP contribution >= 0.6 is 23.2 Å². The Hall–Kier alpha value is -0.730. The van der Waals surface area contributed by atoms with Crippen LogP contribution in [0.4, 0.5) is 0 Å². The highest BCUT2D eigenvalue weighted by Crippen LogP contribution is 2.53. The van der Waals surface area contributed by atoms with Gasteiger partial charge in [0.1, 0.15) is 5.82 Å². The summed E-state index contributed by atoms with van der Waals surface area (Å²) in [4.78, 5) is 4.76. The quantitative estimate of drug-likeness (QED) is 0.696. The molecule has 4 rings (SSSR count). The van der Waals surface area contributed by atoms with Crippen LogP contribution in [0.2, 0.25) is 5.02 Å². The molecule has 0 N–H and O–H groups in total. The minimum atomic E-state index is -0.0684. The van der Waals surface area contributed by atoms with Gasteiger partial charge >= 0.3 is 0 Å². The van der Waals surface area contributed by atoms with E-state index in [0.717, 1.165) is 28.2 Å². The Kier molecular flexibility index (Phi) is 3.01. The Bertz CT molecular complexity index is 642. The number of aromatic nitrogens is 2. The molecule has 2 aromatic rings. The molecular formula is C16H18Cl2N2. The van der Waals surface area contributed by atoms with Crippen molar-refractivity contribution in [3.8, 4) is 0 Å². The van der Waals surface area contributed by atoms with E-state index in [2.05, 4.69) is 10.6 Å². The molecular weight excluding hydrogens is 291 g/mol. The van der Waals surface area contributed by atoms with Gasteiger partial charge in [0.25, 0.3) is 0 Å². The molecule has 106 valence electrons. The number of benzene rings is 1. The molecule has 2 saturated carbocycles. The van der Waals surface area contributed by atoms with Gasteiger partial charge in [0.2, 0.25) is 0 Å². The molecule has 2 nitrogen and oxygen atoms in total. The first kappa shape index (κ1) is 13.0. The normalized spacial score (nSPS) is 20.8. The van der Waals surface area contributed by atoms with Gasteiger partial charge in [-0.2, -0.15) is 0 Å². The molecule has 0 radical (unpaired) electrons. The molecule has 2 fully saturated rings. The van der Waals surface area contributed by atoms with E-state index in [0.29, 0.717) is 6.04 Å². The molecule has 1 atom stereocenters. The summed E-state index contributed by atoms with van der Waals surface area (Å²) in [5.74, 6) is 2.65. The summed E-state index contributed by atoms with van der Waals surface area (Å²) in [6.45, 7) is 2.01. The van der Waals surface area contributed by atoms with Crippen molar-refractivity contribution < 1.29 is 0 Å². The van der Waals surface area contributed by atoms with E-state index in [-0.39, 0.29) is 5.38 Å². The van der Waals surface area contributed by atoms with E-state index < -0.39 is 0 Å². The van der Waals surface area contributed by atoms with Gasteiger partial charge in [-0.3, -0.25) is 0 Å². The fourth-order valence-electron chi connectivity index (χ4n) is 3.37. The molecule has 0 bridgehead atoms. The van der Waals surface area contributed by atoms with E-state index in [9.17, 15) is 0 Å². The van der Waals surface area contributed by atoms with Gasteiger partial charge in [-0.1, -0.05) is 11.6 Å². The Balaban J connectivity index is 1.92. The smallest absolute Gasteiger partial charge is 0.127 e. The van der Waals surface area contributed by atoms with Crippen molar-refractivity contribution in [3.05, 3.63) is 29.0 Å². The molecule has 20 heavy (non-hydrogen) atoms. The number of hydrogen-bond donors (Lipinski definition) is 0. The van der Waals surface area contributed by atoms with Gasteiger partial charge in [-0.25, -0.2) is 4.98 Å². The Morgan fingerprint density at radius 1 is 1.20 bits per heavy atom. The maximum atomic E-state index is 6.40. The highest BCUT2D eigenvalue weighted by Gasteiger charge is 2.44. The van der Waals surface area contributed by atoms with E-state index >= 15 is 0 Å². The first-order valence-corrected chi connectivity index (χ1v) is 8.28. The van der Waals surface area contributed by atoms with Crippen LogP contribution in [0.25, 0.3) is 11.0 Å². The lowest BCUT2D eigenvalue weighted by Crippen LogP contribution is -2.16. The maximum absolute atomic E-state index is 6.40. The third-order valence-electron chi connectivity index (χ3n) is 4.54. The molecule has 0 spiro atoms. The topological polar surface area (TPSA) is 17.8 Å².